The number of ether oxygens (including phenoxy) is 3. The maximum Gasteiger partial charge on any atom is 0.408 e. The van der Waals surface area contributed by atoms with E-state index in [2.05, 4.69) is 41.6 Å². The van der Waals surface area contributed by atoms with E-state index in [0.29, 0.717) is 26.2 Å². The van der Waals surface area contributed by atoms with E-state index >= 15 is 0 Å². The van der Waals surface area contributed by atoms with E-state index in [4.69, 9.17) is 19.2 Å². The number of imidazole rings is 1. The molecule has 0 saturated carbocycles. The van der Waals surface area contributed by atoms with E-state index in [0.717, 1.165) is 65.5 Å². The van der Waals surface area contributed by atoms with Gasteiger partial charge >= 0.3 is 6.09 Å². The number of rotatable bonds is 15. The number of nitrogens with zero attached hydrogens (tertiary/aromatic N) is 3. The van der Waals surface area contributed by atoms with E-state index in [1.807, 2.05) is 87.5 Å². The van der Waals surface area contributed by atoms with Crippen LogP contribution in [0.1, 0.15) is 71.0 Å². The molecule has 8 nitrogen and oxygen atoms in total. The topological polar surface area (TPSA) is 77.8 Å². The zero-order valence-corrected chi connectivity index (χ0v) is 27.1. The maximum absolute atomic E-state index is 13.0. The van der Waals surface area contributed by atoms with Crippen LogP contribution in [0.3, 0.4) is 0 Å². The molecular weight excluding hydrogens is 552 g/mol. The Morgan fingerprint density at radius 2 is 1.61 bits per heavy atom. The molecule has 0 aliphatic rings. The number of fused-ring (bicyclic) bond motifs is 1. The predicted octanol–water partition coefficient (Wildman–Crippen LogP) is 7.55. The summed E-state index contributed by atoms with van der Waals surface area (Å²) in [4.78, 5) is 20.4. The number of carbonyl (C=O) groups excluding carboxylic acids is 1. The lowest BCUT2D eigenvalue weighted by atomic mass is 10.0. The third kappa shape index (κ3) is 9.48. The van der Waals surface area contributed by atoms with E-state index < -0.39 is 17.7 Å². The third-order valence-corrected chi connectivity index (χ3v) is 7.46. The van der Waals surface area contributed by atoms with Crippen LogP contribution in [0.2, 0.25) is 0 Å². The highest BCUT2D eigenvalue weighted by molar-refractivity contribution is 5.78. The summed E-state index contributed by atoms with van der Waals surface area (Å²) in [5.41, 5.74) is 3.38. The summed E-state index contributed by atoms with van der Waals surface area (Å²) in [6, 6.07) is 23.7. The Balaban J connectivity index is 1.53. The average molecular weight is 601 g/mol. The molecule has 4 aromatic rings. The number of carbonyl (C=O) groups is 1. The Kier molecular flexibility index (Phi) is 11.7. The minimum Gasteiger partial charge on any atom is -0.493 e. The van der Waals surface area contributed by atoms with Gasteiger partial charge in [-0.15, -0.1) is 0 Å². The van der Waals surface area contributed by atoms with E-state index in [9.17, 15) is 4.79 Å². The first-order chi connectivity index (χ1) is 21.2. The summed E-state index contributed by atoms with van der Waals surface area (Å²) >= 11 is 0. The second kappa shape index (κ2) is 15.6. The van der Waals surface area contributed by atoms with Crippen molar-refractivity contribution in [3.8, 4) is 11.5 Å². The van der Waals surface area contributed by atoms with Crippen LogP contribution >= 0.6 is 0 Å². The Morgan fingerprint density at radius 3 is 2.27 bits per heavy atom. The van der Waals surface area contributed by atoms with Crippen LogP contribution in [-0.4, -0.2) is 52.4 Å². The quantitative estimate of drug-likeness (QED) is 0.142. The van der Waals surface area contributed by atoms with Crippen molar-refractivity contribution < 1.29 is 19.0 Å². The lowest BCUT2D eigenvalue weighted by molar-refractivity contribution is 0.0500. The first-order valence-corrected chi connectivity index (χ1v) is 15.8. The van der Waals surface area contributed by atoms with Gasteiger partial charge < -0.3 is 29.0 Å². The zero-order valence-electron chi connectivity index (χ0n) is 27.1. The second-order valence-corrected chi connectivity index (χ2v) is 11.9. The standard InChI is InChI=1S/C36H48N4O4/c1-7-39(8-2)22-13-23-42-30-20-21-31-33(25-30)40(9-3)34(37-31)32(38-35(41)44-36(4,5)6)24-27-16-18-29(19-17-27)43-26-28-14-11-10-12-15-28/h10-12,14-21,25,32H,7-9,13,22-24,26H2,1-6H3,(H,38,41)/t32-/m1/s1. The monoisotopic (exact) mass is 600 g/mol. The molecule has 0 unspecified atom stereocenters. The van der Waals surface area contributed by atoms with Crippen molar-refractivity contribution in [2.75, 3.05) is 26.2 Å². The normalized spacial score (nSPS) is 12.3. The van der Waals surface area contributed by atoms with Gasteiger partial charge in [0.15, 0.2) is 0 Å². The van der Waals surface area contributed by atoms with Crippen LogP contribution in [-0.2, 0) is 24.3 Å². The summed E-state index contributed by atoms with van der Waals surface area (Å²) in [6.45, 7) is 17.0. The van der Waals surface area contributed by atoms with Gasteiger partial charge in [-0.2, -0.15) is 0 Å². The van der Waals surface area contributed by atoms with Crippen LogP contribution in [0.4, 0.5) is 4.79 Å². The van der Waals surface area contributed by atoms with Gasteiger partial charge in [0.2, 0.25) is 0 Å². The highest BCUT2D eigenvalue weighted by Gasteiger charge is 2.25. The fraction of sp³-hybridized carbons (Fsp3) is 0.444. The predicted molar refractivity (Wildman–Crippen MR) is 176 cm³/mol. The summed E-state index contributed by atoms with van der Waals surface area (Å²) in [5, 5.41) is 3.10. The van der Waals surface area contributed by atoms with E-state index in [-0.39, 0.29) is 0 Å². The molecule has 236 valence electrons. The van der Waals surface area contributed by atoms with Gasteiger partial charge in [0.25, 0.3) is 0 Å². The van der Waals surface area contributed by atoms with Crippen LogP contribution in [0.25, 0.3) is 11.0 Å². The molecule has 0 saturated heterocycles. The molecule has 0 bridgehead atoms. The number of hydrogen-bond donors (Lipinski definition) is 1. The molecule has 1 heterocycles. The first kappa shape index (κ1) is 32.9. The minimum absolute atomic E-state index is 0.410. The van der Waals surface area contributed by atoms with E-state index in [1.54, 1.807) is 0 Å². The SMILES string of the molecule is CCN(CC)CCCOc1ccc2nc([C@@H](Cc3ccc(OCc4ccccc4)cc3)NC(=O)OC(C)(C)C)n(CC)c2c1. The van der Waals surface area contributed by atoms with Gasteiger partial charge in [0.1, 0.15) is 29.5 Å². The highest BCUT2D eigenvalue weighted by Crippen LogP contribution is 2.28. The first-order valence-electron chi connectivity index (χ1n) is 15.8. The minimum atomic E-state index is -0.616. The molecular formula is C36H48N4O4. The Hall–Kier alpha value is -4.04. The average Bonchev–Trinajstić information content (AvgIpc) is 3.38. The Morgan fingerprint density at radius 1 is 0.909 bits per heavy atom. The number of hydrogen-bond acceptors (Lipinski definition) is 6. The lowest BCUT2D eigenvalue weighted by Gasteiger charge is -2.24. The molecule has 0 spiro atoms. The van der Waals surface area contributed by atoms with Crippen molar-refractivity contribution in [1.82, 2.24) is 19.8 Å². The van der Waals surface area contributed by atoms with Crippen molar-refractivity contribution in [2.24, 2.45) is 0 Å². The van der Waals surface area contributed by atoms with Crippen molar-refractivity contribution in [3.05, 3.63) is 89.7 Å². The number of nitrogens with one attached hydrogen (secondary N) is 1. The van der Waals surface area contributed by atoms with Gasteiger partial charge in [-0.05, 0) is 82.6 Å². The Labute approximate surface area is 262 Å². The molecule has 0 aliphatic heterocycles. The number of amides is 1. The van der Waals surface area contributed by atoms with Crippen LogP contribution < -0.4 is 14.8 Å². The molecule has 4 rings (SSSR count). The van der Waals surface area contributed by atoms with Gasteiger partial charge in [-0.1, -0.05) is 56.3 Å². The maximum atomic E-state index is 13.0. The number of alkyl carbamates (subject to hydrolysis) is 1. The van der Waals surface area contributed by atoms with Crippen LogP contribution in [0.5, 0.6) is 11.5 Å². The van der Waals surface area contributed by atoms with Crippen molar-refractivity contribution in [2.45, 2.75) is 79.2 Å². The number of benzene rings is 3. The fourth-order valence-corrected chi connectivity index (χ4v) is 5.18. The molecule has 44 heavy (non-hydrogen) atoms. The number of aromatic nitrogens is 2. The van der Waals surface area contributed by atoms with E-state index in [1.165, 1.54) is 0 Å². The second-order valence-electron chi connectivity index (χ2n) is 11.9. The smallest absolute Gasteiger partial charge is 0.408 e. The molecule has 1 aromatic heterocycles. The van der Waals surface area contributed by atoms with Crippen molar-refractivity contribution in [1.29, 1.82) is 0 Å². The summed E-state index contributed by atoms with van der Waals surface area (Å²) in [7, 11) is 0. The fourth-order valence-electron chi connectivity index (χ4n) is 5.18. The van der Waals surface area contributed by atoms with Crippen LogP contribution in [0, 0.1) is 0 Å². The number of aryl methyl sites for hydroxylation is 1. The van der Waals surface area contributed by atoms with Crippen molar-refractivity contribution in [3.63, 3.8) is 0 Å². The molecule has 8 heteroatoms. The largest absolute Gasteiger partial charge is 0.493 e. The van der Waals surface area contributed by atoms with Crippen molar-refractivity contribution >= 4 is 17.1 Å². The molecule has 0 fully saturated rings. The summed E-state index contributed by atoms with van der Waals surface area (Å²) in [5.74, 6) is 2.39. The molecule has 3 aromatic carbocycles. The lowest BCUT2D eigenvalue weighted by Crippen LogP contribution is -2.36. The van der Waals surface area contributed by atoms with Gasteiger partial charge in [-0.3, -0.25) is 0 Å². The summed E-state index contributed by atoms with van der Waals surface area (Å²) < 4.78 is 19.9. The summed E-state index contributed by atoms with van der Waals surface area (Å²) in [6.07, 6.45) is 1.03. The molecule has 0 radical (unpaired) electrons. The van der Waals surface area contributed by atoms with Gasteiger partial charge in [0.05, 0.1) is 23.7 Å². The molecule has 1 amide bonds. The molecule has 1 atom stereocenters. The van der Waals surface area contributed by atoms with Gasteiger partial charge in [0, 0.05) is 25.6 Å². The third-order valence-electron chi connectivity index (χ3n) is 7.46. The molecule has 1 N–H and O–H groups in total. The van der Waals surface area contributed by atoms with Gasteiger partial charge in [-0.25, -0.2) is 9.78 Å². The van der Waals surface area contributed by atoms with Crippen LogP contribution in [0.15, 0.2) is 72.8 Å². The highest BCUT2D eigenvalue weighted by atomic mass is 16.6. The zero-order chi connectivity index (χ0) is 31.5. The Bertz CT molecular complexity index is 1460. The molecule has 0 aliphatic carbocycles.